The highest BCUT2D eigenvalue weighted by Gasteiger charge is 2.25. The molecule has 8 nitrogen and oxygen atoms in total. The molecule has 0 amide bonds. The number of sulfone groups is 1. The SMILES string of the molecule is COc1ccccc1N1CCC(CNc2ccc([N+](=O)[O-])c(S(C)(=O)=O)c2)C1. The molecule has 0 radical (unpaired) electrons. The summed E-state index contributed by atoms with van der Waals surface area (Å²) in [5.41, 5.74) is 1.21. The lowest BCUT2D eigenvalue weighted by atomic mass is 10.1. The van der Waals surface area contributed by atoms with E-state index >= 15 is 0 Å². The first-order chi connectivity index (χ1) is 13.3. The van der Waals surface area contributed by atoms with E-state index in [0.717, 1.165) is 37.2 Å². The second-order valence-corrected chi connectivity index (χ2v) is 8.85. The fourth-order valence-corrected chi connectivity index (χ4v) is 4.31. The maximum Gasteiger partial charge on any atom is 0.288 e. The number of para-hydroxylation sites is 2. The maximum absolute atomic E-state index is 11.9. The fourth-order valence-electron chi connectivity index (χ4n) is 3.44. The summed E-state index contributed by atoms with van der Waals surface area (Å²) in [5.74, 6) is 1.20. The van der Waals surface area contributed by atoms with E-state index in [4.69, 9.17) is 4.74 Å². The van der Waals surface area contributed by atoms with Gasteiger partial charge in [-0.2, -0.15) is 0 Å². The van der Waals surface area contributed by atoms with Crippen LogP contribution in [0.1, 0.15) is 6.42 Å². The molecule has 0 spiro atoms. The van der Waals surface area contributed by atoms with Gasteiger partial charge < -0.3 is 15.0 Å². The molecule has 0 saturated carbocycles. The predicted octanol–water partition coefficient (Wildman–Crippen LogP) is 2.95. The van der Waals surface area contributed by atoms with Crippen molar-refractivity contribution in [3.05, 3.63) is 52.6 Å². The third kappa shape index (κ3) is 4.36. The van der Waals surface area contributed by atoms with Crippen molar-refractivity contribution in [1.29, 1.82) is 0 Å². The van der Waals surface area contributed by atoms with Gasteiger partial charge in [-0.05, 0) is 36.6 Å². The summed E-state index contributed by atoms with van der Waals surface area (Å²) in [6.07, 6.45) is 1.96. The molecule has 9 heteroatoms. The molecule has 150 valence electrons. The van der Waals surface area contributed by atoms with Gasteiger partial charge in [0.2, 0.25) is 0 Å². The Kier molecular flexibility index (Phi) is 5.73. The van der Waals surface area contributed by atoms with Crippen molar-refractivity contribution in [1.82, 2.24) is 0 Å². The van der Waals surface area contributed by atoms with E-state index in [1.54, 1.807) is 13.2 Å². The summed E-state index contributed by atoms with van der Waals surface area (Å²) < 4.78 is 29.2. The number of nitrogens with one attached hydrogen (secondary N) is 1. The van der Waals surface area contributed by atoms with E-state index in [0.29, 0.717) is 18.2 Å². The van der Waals surface area contributed by atoms with Crippen LogP contribution in [-0.4, -0.2) is 46.3 Å². The Hall–Kier alpha value is -2.81. The van der Waals surface area contributed by atoms with Crippen LogP contribution in [0.3, 0.4) is 0 Å². The van der Waals surface area contributed by atoms with E-state index in [1.807, 2.05) is 24.3 Å². The van der Waals surface area contributed by atoms with Crippen LogP contribution in [0.25, 0.3) is 0 Å². The molecule has 1 atom stereocenters. The number of nitro benzene ring substituents is 1. The van der Waals surface area contributed by atoms with Crippen LogP contribution in [0, 0.1) is 16.0 Å². The first-order valence-electron chi connectivity index (χ1n) is 8.90. The molecule has 1 heterocycles. The van der Waals surface area contributed by atoms with Crippen molar-refractivity contribution in [2.45, 2.75) is 11.3 Å². The van der Waals surface area contributed by atoms with Gasteiger partial charge in [0.25, 0.3) is 5.69 Å². The summed E-state index contributed by atoms with van der Waals surface area (Å²) >= 11 is 0. The van der Waals surface area contributed by atoms with Crippen molar-refractivity contribution >= 4 is 26.9 Å². The quantitative estimate of drug-likeness (QED) is 0.558. The van der Waals surface area contributed by atoms with Gasteiger partial charge in [-0.1, -0.05) is 12.1 Å². The molecule has 28 heavy (non-hydrogen) atoms. The molecule has 1 saturated heterocycles. The number of rotatable bonds is 7. The lowest BCUT2D eigenvalue weighted by molar-refractivity contribution is -0.387. The van der Waals surface area contributed by atoms with Gasteiger partial charge >= 0.3 is 0 Å². The van der Waals surface area contributed by atoms with Gasteiger partial charge in [0.15, 0.2) is 9.84 Å². The Morgan fingerprint density at radius 1 is 1.29 bits per heavy atom. The zero-order valence-electron chi connectivity index (χ0n) is 15.8. The lowest BCUT2D eigenvalue weighted by Gasteiger charge is -2.21. The molecule has 0 aliphatic carbocycles. The molecular formula is C19H23N3O5S. The number of hydrogen-bond acceptors (Lipinski definition) is 7. The topological polar surface area (TPSA) is 102 Å². The maximum atomic E-state index is 11.9. The van der Waals surface area contributed by atoms with Crippen molar-refractivity contribution < 1.29 is 18.1 Å². The van der Waals surface area contributed by atoms with Gasteiger partial charge in [-0.15, -0.1) is 0 Å². The number of methoxy groups -OCH3 is 1. The second-order valence-electron chi connectivity index (χ2n) is 6.87. The van der Waals surface area contributed by atoms with E-state index in [-0.39, 0.29) is 4.90 Å². The highest BCUT2D eigenvalue weighted by atomic mass is 32.2. The number of ether oxygens (including phenoxy) is 1. The second kappa shape index (κ2) is 8.05. The number of benzene rings is 2. The fraction of sp³-hybridized carbons (Fsp3) is 0.368. The molecular weight excluding hydrogens is 382 g/mol. The third-order valence-corrected chi connectivity index (χ3v) is 5.99. The average Bonchev–Trinajstić information content (AvgIpc) is 3.14. The van der Waals surface area contributed by atoms with E-state index in [2.05, 4.69) is 10.2 Å². The predicted molar refractivity (Wildman–Crippen MR) is 108 cm³/mol. The van der Waals surface area contributed by atoms with E-state index in [1.165, 1.54) is 12.1 Å². The van der Waals surface area contributed by atoms with Gasteiger partial charge in [-0.3, -0.25) is 10.1 Å². The number of anilines is 2. The van der Waals surface area contributed by atoms with Crippen LogP contribution >= 0.6 is 0 Å². The lowest BCUT2D eigenvalue weighted by Crippen LogP contribution is -2.23. The van der Waals surface area contributed by atoms with Gasteiger partial charge in [0, 0.05) is 37.6 Å². The Morgan fingerprint density at radius 2 is 2.04 bits per heavy atom. The summed E-state index contributed by atoms with van der Waals surface area (Å²) in [7, 11) is -2.04. The highest BCUT2D eigenvalue weighted by molar-refractivity contribution is 7.90. The first-order valence-corrected chi connectivity index (χ1v) is 10.8. The minimum Gasteiger partial charge on any atom is -0.495 e. The zero-order chi connectivity index (χ0) is 20.3. The molecule has 2 aromatic carbocycles. The molecule has 1 aliphatic rings. The van der Waals surface area contributed by atoms with E-state index in [9.17, 15) is 18.5 Å². The van der Waals surface area contributed by atoms with E-state index < -0.39 is 20.4 Å². The number of nitrogens with zero attached hydrogens (tertiary/aromatic N) is 2. The molecule has 0 aromatic heterocycles. The minimum atomic E-state index is -3.69. The first kappa shape index (κ1) is 19.9. The van der Waals surface area contributed by atoms with Crippen LogP contribution in [0.2, 0.25) is 0 Å². The van der Waals surface area contributed by atoms with Gasteiger partial charge in [0.05, 0.1) is 17.7 Å². The van der Waals surface area contributed by atoms with Crippen LogP contribution in [0.5, 0.6) is 5.75 Å². The standard InChI is InChI=1S/C19H23N3O5S/c1-27-18-6-4-3-5-16(18)21-10-9-14(13-21)12-20-15-7-8-17(22(23)24)19(11-15)28(2,25)26/h3-8,11,14,20H,9-10,12-13H2,1-2H3. The highest BCUT2D eigenvalue weighted by Crippen LogP contribution is 2.32. The molecule has 2 aromatic rings. The van der Waals surface area contributed by atoms with Crippen molar-refractivity contribution in [3.8, 4) is 5.75 Å². The third-order valence-electron chi connectivity index (χ3n) is 4.86. The van der Waals surface area contributed by atoms with Gasteiger partial charge in [0.1, 0.15) is 10.6 Å². The Morgan fingerprint density at radius 3 is 2.71 bits per heavy atom. The molecule has 0 bridgehead atoms. The Bertz CT molecular complexity index is 977. The number of hydrogen-bond donors (Lipinski definition) is 1. The molecule has 1 fully saturated rings. The van der Waals surface area contributed by atoms with Crippen LogP contribution in [0.4, 0.5) is 17.1 Å². The van der Waals surface area contributed by atoms with Crippen LogP contribution < -0.4 is 15.0 Å². The van der Waals surface area contributed by atoms with Crippen molar-refractivity contribution in [3.63, 3.8) is 0 Å². The van der Waals surface area contributed by atoms with Crippen LogP contribution in [-0.2, 0) is 9.84 Å². The molecule has 3 rings (SSSR count). The Balaban J connectivity index is 1.68. The summed E-state index contributed by atoms with van der Waals surface area (Å²) in [6, 6.07) is 12.0. The largest absolute Gasteiger partial charge is 0.495 e. The van der Waals surface area contributed by atoms with Crippen molar-refractivity contribution in [2.75, 3.05) is 43.2 Å². The zero-order valence-corrected chi connectivity index (χ0v) is 16.6. The van der Waals surface area contributed by atoms with Crippen molar-refractivity contribution in [2.24, 2.45) is 5.92 Å². The number of nitro groups is 1. The smallest absolute Gasteiger partial charge is 0.288 e. The van der Waals surface area contributed by atoms with Crippen LogP contribution in [0.15, 0.2) is 47.4 Å². The summed E-state index contributed by atoms with van der Waals surface area (Å²) in [5, 5.41) is 14.3. The monoisotopic (exact) mass is 405 g/mol. The summed E-state index contributed by atoms with van der Waals surface area (Å²) in [6.45, 7) is 2.40. The average molecular weight is 405 g/mol. The molecule has 1 unspecified atom stereocenters. The Labute approximate surface area is 164 Å². The molecule has 1 N–H and O–H groups in total. The normalized spacial score (nSPS) is 16.8. The molecule has 1 aliphatic heterocycles. The summed E-state index contributed by atoms with van der Waals surface area (Å²) in [4.78, 5) is 12.4. The minimum absolute atomic E-state index is 0.274. The van der Waals surface area contributed by atoms with Gasteiger partial charge in [-0.25, -0.2) is 8.42 Å².